The van der Waals surface area contributed by atoms with E-state index in [4.69, 9.17) is 0 Å². The maximum atomic E-state index is 3.33. The molecule has 0 aromatic heterocycles. The van der Waals surface area contributed by atoms with E-state index in [2.05, 4.69) is 26.0 Å². The first-order valence-electron chi connectivity index (χ1n) is 3.67. The van der Waals surface area contributed by atoms with Gasteiger partial charge in [-0.2, -0.15) is 11.6 Å². The largest absolute Gasteiger partial charge is 0.269 e. The van der Waals surface area contributed by atoms with Crippen LogP contribution in [0.5, 0.6) is 0 Å². The zero-order valence-corrected chi connectivity index (χ0v) is 11.6. The summed E-state index contributed by atoms with van der Waals surface area (Å²) in [6.07, 6.45) is 8.99. The summed E-state index contributed by atoms with van der Waals surface area (Å²) in [6.45, 7) is 4.39. The molecule has 0 nitrogen and oxygen atoms in total. The molecule has 0 N–H and O–H groups in total. The van der Waals surface area contributed by atoms with Gasteiger partial charge in [-0.1, -0.05) is 26.7 Å². The summed E-state index contributed by atoms with van der Waals surface area (Å²) < 4.78 is 0. The summed E-state index contributed by atoms with van der Waals surface area (Å²) in [7, 11) is 0. The second-order valence-electron chi connectivity index (χ2n) is 2.30. The molecule has 0 fully saturated rings. The molecule has 0 aromatic carbocycles. The fourth-order valence-corrected chi connectivity index (χ4v) is 1.24. The maximum absolute atomic E-state index is 3.33. The zero-order valence-electron chi connectivity index (χ0n) is 7.52. The summed E-state index contributed by atoms with van der Waals surface area (Å²) in [5.74, 6) is 0. The molecule has 1 aliphatic carbocycles. The van der Waals surface area contributed by atoms with Gasteiger partial charge in [0.05, 0.1) is 0 Å². The first kappa shape index (κ1) is 18.7. The minimum atomic E-state index is 0. The standard InChI is InChI=1S/C9H13.2ClH.Zr/c1-3-8-6-5-7-9(8)4-2;;;/h6H,3-5H2,1-2H3;2*1H;/q-1;;;. The molecular weight excluding hydrogens is 270 g/mol. The molecule has 0 aliphatic heterocycles. The first-order valence-corrected chi connectivity index (χ1v) is 3.67. The molecule has 3 heteroatoms. The second-order valence-corrected chi connectivity index (χ2v) is 2.30. The number of rotatable bonds is 2. The third-order valence-corrected chi connectivity index (χ3v) is 1.79. The van der Waals surface area contributed by atoms with Crippen molar-refractivity contribution in [3.8, 4) is 0 Å². The molecule has 0 spiro atoms. The Labute approximate surface area is 107 Å². The summed E-state index contributed by atoms with van der Waals surface area (Å²) >= 11 is 0. The topological polar surface area (TPSA) is 0 Å². The molecule has 0 radical (unpaired) electrons. The maximum Gasteiger partial charge on any atom is 0 e. The third-order valence-electron chi connectivity index (χ3n) is 1.79. The smallest absolute Gasteiger partial charge is 0 e. The van der Waals surface area contributed by atoms with Gasteiger partial charge in [0.15, 0.2) is 0 Å². The van der Waals surface area contributed by atoms with Crippen LogP contribution >= 0.6 is 24.8 Å². The van der Waals surface area contributed by atoms with Crippen LogP contribution in [-0.4, -0.2) is 0 Å². The van der Waals surface area contributed by atoms with E-state index in [1.54, 1.807) is 0 Å². The van der Waals surface area contributed by atoms with Gasteiger partial charge in [-0.15, -0.1) is 31.2 Å². The molecule has 0 unspecified atom stereocenters. The van der Waals surface area contributed by atoms with E-state index in [-0.39, 0.29) is 51.0 Å². The Morgan fingerprint density at radius 1 is 1.25 bits per heavy atom. The van der Waals surface area contributed by atoms with Crippen LogP contribution in [0.3, 0.4) is 0 Å². The fourth-order valence-electron chi connectivity index (χ4n) is 1.24. The van der Waals surface area contributed by atoms with E-state index in [1.807, 2.05) is 0 Å². The monoisotopic (exact) mass is 283 g/mol. The molecule has 0 aromatic rings. The minimum absolute atomic E-state index is 0. The van der Waals surface area contributed by atoms with Crippen LogP contribution < -0.4 is 0 Å². The quantitative estimate of drug-likeness (QED) is 0.679. The van der Waals surface area contributed by atoms with Crippen LogP contribution in [0.2, 0.25) is 0 Å². The zero-order chi connectivity index (χ0) is 6.69. The van der Waals surface area contributed by atoms with Gasteiger partial charge in [0.1, 0.15) is 0 Å². The van der Waals surface area contributed by atoms with Crippen molar-refractivity contribution in [1.82, 2.24) is 0 Å². The molecule has 0 bridgehead atoms. The number of hydrogen-bond donors (Lipinski definition) is 0. The molecule has 70 valence electrons. The van der Waals surface area contributed by atoms with Gasteiger partial charge < -0.3 is 0 Å². The van der Waals surface area contributed by atoms with Gasteiger partial charge >= 0.3 is 0 Å². The van der Waals surface area contributed by atoms with Crippen molar-refractivity contribution >= 4 is 24.8 Å². The van der Waals surface area contributed by atoms with Gasteiger partial charge in [-0.3, -0.25) is 6.08 Å². The van der Waals surface area contributed by atoms with Gasteiger partial charge in [0.25, 0.3) is 0 Å². The van der Waals surface area contributed by atoms with Crippen molar-refractivity contribution < 1.29 is 26.2 Å². The minimum Gasteiger partial charge on any atom is -0.269 e. The summed E-state index contributed by atoms with van der Waals surface area (Å²) in [5, 5.41) is 0. The Balaban J connectivity index is -0.000000270. The van der Waals surface area contributed by atoms with Gasteiger partial charge in [0.2, 0.25) is 0 Å². The number of halogens is 2. The SMILES string of the molecule is CCC1=[C-]CC=C1CC.Cl.Cl.[Zr]. The summed E-state index contributed by atoms with van der Waals surface area (Å²) in [5.41, 5.74) is 2.95. The molecule has 1 rings (SSSR count). The molecule has 0 saturated heterocycles. The summed E-state index contributed by atoms with van der Waals surface area (Å²) in [4.78, 5) is 0. The molecule has 0 atom stereocenters. The first-order chi connectivity index (χ1) is 4.38. The average Bonchev–Trinajstić information content (AvgIpc) is 2.33. The molecule has 12 heavy (non-hydrogen) atoms. The Morgan fingerprint density at radius 2 is 1.83 bits per heavy atom. The van der Waals surface area contributed by atoms with E-state index in [1.165, 1.54) is 17.6 Å². The van der Waals surface area contributed by atoms with Crippen molar-refractivity contribution in [2.75, 3.05) is 0 Å². The second kappa shape index (κ2) is 10.0. The fraction of sp³-hybridized carbons (Fsp3) is 0.556. The molecule has 0 saturated carbocycles. The van der Waals surface area contributed by atoms with Crippen molar-refractivity contribution in [3.05, 3.63) is 23.3 Å². The average molecular weight is 285 g/mol. The third kappa shape index (κ3) is 4.85. The van der Waals surface area contributed by atoms with Crippen LogP contribution in [0, 0.1) is 6.08 Å². The Hall–Kier alpha value is 0.943. The predicted molar refractivity (Wildman–Crippen MR) is 54.5 cm³/mol. The Bertz CT molecular complexity index is 144. The summed E-state index contributed by atoms with van der Waals surface area (Å²) in [6, 6.07) is 0. The number of allylic oxidation sites excluding steroid dienone is 4. The van der Waals surface area contributed by atoms with E-state index in [0.29, 0.717) is 0 Å². The molecular formula is C9H15Cl2Zr-. The molecule has 1 aliphatic rings. The van der Waals surface area contributed by atoms with Crippen LogP contribution in [-0.2, 0) is 26.2 Å². The van der Waals surface area contributed by atoms with Crippen LogP contribution in [0.15, 0.2) is 17.2 Å². The van der Waals surface area contributed by atoms with Crippen molar-refractivity contribution in [2.45, 2.75) is 33.1 Å². The van der Waals surface area contributed by atoms with Gasteiger partial charge in [-0.05, 0) is 0 Å². The number of hydrogen-bond acceptors (Lipinski definition) is 0. The van der Waals surface area contributed by atoms with E-state index in [9.17, 15) is 0 Å². The van der Waals surface area contributed by atoms with Crippen molar-refractivity contribution in [1.29, 1.82) is 0 Å². The van der Waals surface area contributed by atoms with Crippen LogP contribution in [0.1, 0.15) is 33.1 Å². The predicted octanol–water partition coefficient (Wildman–Crippen LogP) is 3.71. The van der Waals surface area contributed by atoms with Gasteiger partial charge in [0, 0.05) is 26.2 Å². The van der Waals surface area contributed by atoms with E-state index >= 15 is 0 Å². The molecule has 0 amide bonds. The van der Waals surface area contributed by atoms with Gasteiger partial charge in [-0.25, -0.2) is 5.57 Å². The molecule has 0 heterocycles. The van der Waals surface area contributed by atoms with Crippen molar-refractivity contribution in [2.24, 2.45) is 0 Å². The Morgan fingerprint density at radius 3 is 2.17 bits per heavy atom. The van der Waals surface area contributed by atoms with Crippen molar-refractivity contribution in [3.63, 3.8) is 0 Å². The normalized spacial score (nSPS) is 13.2. The van der Waals surface area contributed by atoms with Crippen LogP contribution in [0.4, 0.5) is 0 Å². The van der Waals surface area contributed by atoms with E-state index < -0.39 is 0 Å². The van der Waals surface area contributed by atoms with E-state index in [0.717, 1.165) is 12.8 Å². The van der Waals surface area contributed by atoms with Crippen LogP contribution in [0.25, 0.3) is 0 Å². The Kier molecular flexibility index (Phi) is 15.6.